The first-order chi connectivity index (χ1) is 5.70. The fourth-order valence-electron chi connectivity index (χ4n) is 0.367. The van der Waals surface area contributed by atoms with E-state index in [1.807, 2.05) is 0 Å². The van der Waals surface area contributed by atoms with Crippen molar-refractivity contribution in [3.05, 3.63) is 0 Å². The third-order valence-electron chi connectivity index (χ3n) is 0.726. The summed E-state index contributed by atoms with van der Waals surface area (Å²) >= 11 is 5.19. The third-order valence-corrected chi connectivity index (χ3v) is 0.880. The van der Waals surface area contributed by atoms with Gasteiger partial charge in [-0.05, 0) is 6.92 Å². The molecular weight excluding hydrogens is 188 g/mol. The van der Waals surface area contributed by atoms with Crippen LogP contribution in [-0.4, -0.2) is 31.4 Å². The van der Waals surface area contributed by atoms with E-state index in [1.165, 1.54) is 0 Å². The number of halogens is 1. The van der Waals surface area contributed by atoms with Crippen molar-refractivity contribution in [1.82, 2.24) is 0 Å². The minimum absolute atomic E-state index is 0.000204. The molecule has 12 heavy (non-hydrogen) atoms. The van der Waals surface area contributed by atoms with E-state index in [9.17, 15) is 9.59 Å². The largest absolute Gasteiger partial charge is 0.518 e. The maximum Gasteiger partial charge on any atom is 0.518 e. The van der Waals surface area contributed by atoms with Gasteiger partial charge in [-0.25, -0.2) is 9.59 Å². The Bertz CT molecular complexity index is 158. The fourth-order valence-corrected chi connectivity index (χ4v) is 0.444. The number of carbonyl (C=O) groups is 2. The molecule has 0 saturated carbocycles. The molecule has 0 spiro atoms. The topological polar surface area (TPSA) is 61.8 Å². The molecule has 0 amide bonds. The molecule has 0 aliphatic carbocycles. The fraction of sp³-hybridized carbons (Fsp3) is 0.667. The van der Waals surface area contributed by atoms with Gasteiger partial charge in [0, 0.05) is 0 Å². The van der Waals surface area contributed by atoms with Crippen LogP contribution in [0.15, 0.2) is 0 Å². The molecule has 0 radical (unpaired) electrons. The Balaban J connectivity index is 3.47. The van der Waals surface area contributed by atoms with Gasteiger partial charge in [0.25, 0.3) is 0 Å². The van der Waals surface area contributed by atoms with Gasteiger partial charge in [0.05, 0.1) is 12.5 Å². The van der Waals surface area contributed by atoms with Crippen LogP contribution >= 0.6 is 11.6 Å². The molecule has 0 unspecified atom stereocenters. The first kappa shape index (κ1) is 11.0. The van der Waals surface area contributed by atoms with Gasteiger partial charge in [-0.3, -0.25) is 0 Å². The van der Waals surface area contributed by atoms with Crippen LogP contribution in [0, 0.1) is 0 Å². The highest BCUT2D eigenvalue weighted by Gasteiger charge is 2.11. The summed E-state index contributed by atoms with van der Waals surface area (Å²) in [5.41, 5.74) is 0. The second-order valence-corrected chi connectivity index (χ2v) is 1.95. The molecule has 0 aliphatic rings. The number of rotatable bonds is 3. The standard InChI is InChI=1S/C6H9ClO5/c1-2-10-5(8)12-6(9)11-4-3-7/h2-4H2,1H3. The Labute approximate surface area is 74.5 Å². The van der Waals surface area contributed by atoms with E-state index in [1.54, 1.807) is 6.92 Å². The highest BCUT2D eigenvalue weighted by Crippen LogP contribution is 1.90. The minimum atomic E-state index is -1.10. The molecule has 0 aromatic rings. The lowest BCUT2D eigenvalue weighted by Crippen LogP contribution is -2.15. The second kappa shape index (κ2) is 6.72. The Morgan fingerprint density at radius 1 is 1.25 bits per heavy atom. The molecule has 0 heterocycles. The number of ether oxygens (including phenoxy) is 3. The molecule has 0 fully saturated rings. The summed E-state index contributed by atoms with van der Waals surface area (Å²) in [4.78, 5) is 20.9. The lowest BCUT2D eigenvalue weighted by molar-refractivity contribution is 0.0412. The maximum atomic E-state index is 10.5. The van der Waals surface area contributed by atoms with E-state index in [0.717, 1.165) is 0 Å². The van der Waals surface area contributed by atoms with E-state index in [2.05, 4.69) is 14.2 Å². The summed E-state index contributed by atoms with van der Waals surface area (Å²) in [6.07, 6.45) is -2.17. The normalized spacial score (nSPS) is 8.83. The van der Waals surface area contributed by atoms with Crippen LogP contribution in [0.4, 0.5) is 9.59 Å². The van der Waals surface area contributed by atoms with Crippen LogP contribution in [0.5, 0.6) is 0 Å². The average Bonchev–Trinajstić information content (AvgIpc) is 2.01. The monoisotopic (exact) mass is 196 g/mol. The van der Waals surface area contributed by atoms with Gasteiger partial charge in [-0.1, -0.05) is 0 Å². The van der Waals surface area contributed by atoms with Gasteiger partial charge >= 0.3 is 12.3 Å². The van der Waals surface area contributed by atoms with Crippen LogP contribution in [0.1, 0.15) is 6.92 Å². The quantitative estimate of drug-likeness (QED) is 0.389. The molecule has 0 bridgehead atoms. The summed E-state index contributed by atoms with van der Waals surface area (Å²) in [6, 6.07) is 0. The Hall–Kier alpha value is -0.970. The average molecular weight is 197 g/mol. The van der Waals surface area contributed by atoms with Crippen molar-refractivity contribution < 1.29 is 23.8 Å². The van der Waals surface area contributed by atoms with Crippen molar-refractivity contribution in [2.24, 2.45) is 0 Å². The van der Waals surface area contributed by atoms with E-state index in [4.69, 9.17) is 11.6 Å². The SMILES string of the molecule is CCOC(=O)OC(=O)OCCCl. The zero-order valence-corrected chi connectivity index (χ0v) is 7.30. The summed E-state index contributed by atoms with van der Waals surface area (Å²) in [5.74, 6) is 0.151. The van der Waals surface area contributed by atoms with Crippen molar-refractivity contribution in [2.45, 2.75) is 6.92 Å². The second-order valence-electron chi connectivity index (χ2n) is 1.57. The highest BCUT2D eigenvalue weighted by molar-refractivity contribution is 6.18. The smallest absolute Gasteiger partial charge is 0.434 e. The van der Waals surface area contributed by atoms with Crippen LogP contribution in [0.25, 0.3) is 0 Å². The van der Waals surface area contributed by atoms with Crippen molar-refractivity contribution in [1.29, 1.82) is 0 Å². The molecule has 0 aromatic heterocycles. The Kier molecular flexibility index (Phi) is 6.18. The predicted octanol–water partition coefficient (Wildman–Crippen LogP) is 1.53. The predicted molar refractivity (Wildman–Crippen MR) is 40.2 cm³/mol. The van der Waals surface area contributed by atoms with E-state index in [0.29, 0.717) is 0 Å². The van der Waals surface area contributed by atoms with Crippen LogP contribution in [-0.2, 0) is 14.2 Å². The molecule has 0 atom stereocenters. The molecular formula is C6H9ClO5. The van der Waals surface area contributed by atoms with Crippen molar-refractivity contribution >= 4 is 23.9 Å². The summed E-state index contributed by atoms with van der Waals surface area (Å²) in [5, 5.41) is 0. The van der Waals surface area contributed by atoms with E-state index >= 15 is 0 Å². The number of hydrogen-bond donors (Lipinski definition) is 0. The molecule has 5 nitrogen and oxygen atoms in total. The Morgan fingerprint density at radius 2 is 1.83 bits per heavy atom. The molecule has 70 valence electrons. The molecule has 0 saturated heterocycles. The van der Waals surface area contributed by atoms with Gasteiger partial charge in [0.15, 0.2) is 0 Å². The number of carbonyl (C=O) groups excluding carboxylic acids is 2. The molecule has 0 aromatic carbocycles. The summed E-state index contributed by atoms with van der Waals surface area (Å²) in [6.45, 7) is 1.73. The molecule has 0 rings (SSSR count). The zero-order chi connectivity index (χ0) is 9.40. The zero-order valence-electron chi connectivity index (χ0n) is 6.54. The van der Waals surface area contributed by atoms with Gasteiger partial charge in [-0.2, -0.15) is 0 Å². The molecule has 0 N–H and O–H groups in total. The summed E-state index contributed by atoms with van der Waals surface area (Å²) < 4.78 is 12.6. The third kappa shape index (κ3) is 5.79. The van der Waals surface area contributed by atoms with Crippen molar-refractivity contribution in [3.8, 4) is 0 Å². The van der Waals surface area contributed by atoms with Gasteiger partial charge in [-0.15, -0.1) is 11.6 Å². The van der Waals surface area contributed by atoms with Gasteiger partial charge in [0.1, 0.15) is 6.61 Å². The minimum Gasteiger partial charge on any atom is -0.434 e. The van der Waals surface area contributed by atoms with Gasteiger partial charge in [0.2, 0.25) is 0 Å². The van der Waals surface area contributed by atoms with Crippen molar-refractivity contribution in [2.75, 3.05) is 19.1 Å². The summed E-state index contributed by atoms with van der Waals surface area (Å²) in [7, 11) is 0. The molecule has 6 heteroatoms. The molecule has 0 aliphatic heterocycles. The van der Waals surface area contributed by atoms with E-state index in [-0.39, 0.29) is 19.1 Å². The van der Waals surface area contributed by atoms with Crippen LogP contribution in [0.3, 0.4) is 0 Å². The Morgan fingerprint density at radius 3 is 2.33 bits per heavy atom. The highest BCUT2D eigenvalue weighted by atomic mass is 35.5. The number of alkyl halides is 1. The van der Waals surface area contributed by atoms with E-state index < -0.39 is 12.3 Å². The lowest BCUT2D eigenvalue weighted by Gasteiger charge is -2.01. The van der Waals surface area contributed by atoms with Gasteiger partial charge < -0.3 is 14.2 Å². The van der Waals surface area contributed by atoms with Crippen LogP contribution < -0.4 is 0 Å². The number of hydrogen-bond acceptors (Lipinski definition) is 5. The lowest BCUT2D eigenvalue weighted by atomic mass is 10.9. The first-order valence-electron chi connectivity index (χ1n) is 3.28. The first-order valence-corrected chi connectivity index (χ1v) is 3.81. The van der Waals surface area contributed by atoms with Crippen LogP contribution in [0.2, 0.25) is 0 Å². The maximum absolute atomic E-state index is 10.5. The van der Waals surface area contributed by atoms with Crippen molar-refractivity contribution in [3.63, 3.8) is 0 Å².